The SMILES string of the molecule is CC(C)=C1CCCCC12CCC2=O. The molecule has 1 unspecified atom stereocenters. The van der Waals surface area contributed by atoms with Crippen molar-refractivity contribution in [2.24, 2.45) is 5.41 Å². The lowest BCUT2D eigenvalue weighted by Gasteiger charge is -2.46. The molecule has 1 atom stereocenters. The quantitative estimate of drug-likeness (QED) is 0.520. The fourth-order valence-electron chi connectivity index (χ4n) is 2.96. The van der Waals surface area contributed by atoms with E-state index in [0.717, 1.165) is 19.3 Å². The van der Waals surface area contributed by atoms with Gasteiger partial charge in [-0.1, -0.05) is 17.6 Å². The molecular formula is C12H18O. The van der Waals surface area contributed by atoms with Crippen LogP contribution in [0.4, 0.5) is 0 Å². The highest BCUT2D eigenvalue weighted by Gasteiger charge is 2.49. The van der Waals surface area contributed by atoms with Crippen LogP contribution in [0.25, 0.3) is 0 Å². The Balaban J connectivity index is 2.34. The molecule has 0 N–H and O–H groups in total. The van der Waals surface area contributed by atoms with Gasteiger partial charge in [-0.15, -0.1) is 0 Å². The van der Waals surface area contributed by atoms with Gasteiger partial charge in [-0.05, 0) is 39.5 Å². The Labute approximate surface area is 80.2 Å². The Hall–Kier alpha value is -0.590. The Kier molecular flexibility index (Phi) is 2.05. The predicted octanol–water partition coefficient (Wildman–Crippen LogP) is 3.25. The summed E-state index contributed by atoms with van der Waals surface area (Å²) in [7, 11) is 0. The number of ketones is 1. The molecule has 0 radical (unpaired) electrons. The number of Topliss-reactive ketones (excluding diaryl/α,β-unsaturated/α-hetero) is 1. The summed E-state index contributed by atoms with van der Waals surface area (Å²) in [5.41, 5.74) is 2.92. The molecule has 0 amide bonds. The maximum Gasteiger partial charge on any atom is 0.143 e. The summed E-state index contributed by atoms with van der Waals surface area (Å²) in [6, 6.07) is 0. The van der Waals surface area contributed by atoms with Crippen molar-refractivity contribution in [2.45, 2.75) is 52.4 Å². The zero-order valence-electron chi connectivity index (χ0n) is 8.65. The van der Waals surface area contributed by atoms with Crippen LogP contribution >= 0.6 is 0 Å². The third-order valence-electron chi connectivity index (χ3n) is 3.77. The average molecular weight is 178 g/mol. The topological polar surface area (TPSA) is 17.1 Å². The molecule has 2 aliphatic rings. The van der Waals surface area contributed by atoms with E-state index >= 15 is 0 Å². The van der Waals surface area contributed by atoms with Gasteiger partial charge in [-0.2, -0.15) is 0 Å². The number of rotatable bonds is 0. The highest BCUT2D eigenvalue weighted by Crippen LogP contribution is 2.53. The van der Waals surface area contributed by atoms with Gasteiger partial charge in [0.15, 0.2) is 0 Å². The summed E-state index contributed by atoms with van der Waals surface area (Å²) in [5.74, 6) is 0.517. The normalized spacial score (nSPS) is 33.4. The van der Waals surface area contributed by atoms with Gasteiger partial charge in [0.25, 0.3) is 0 Å². The molecule has 13 heavy (non-hydrogen) atoms. The molecule has 2 aliphatic carbocycles. The lowest BCUT2D eigenvalue weighted by Crippen LogP contribution is -2.44. The van der Waals surface area contributed by atoms with E-state index in [4.69, 9.17) is 0 Å². The fourth-order valence-corrected chi connectivity index (χ4v) is 2.96. The summed E-state index contributed by atoms with van der Waals surface area (Å²) in [5, 5.41) is 0. The van der Waals surface area contributed by atoms with E-state index in [0.29, 0.717) is 5.78 Å². The largest absolute Gasteiger partial charge is 0.299 e. The van der Waals surface area contributed by atoms with Crippen molar-refractivity contribution in [2.75, 3.05) is 0 Å². The van der Waals surface area contributed by atoms with Gasteiger partial charge < -0.3 is 0 Å². The van der Waals surface area contributed by atoms with Crippen molar-refractivity contribution in [3.63, 3.8) is 0 Å². The first-order valence-corrected chi connectivity index (χ1v) is 5.37. The van der Waals surface area contributed by atoms with Gasteiger partial charge in [0.1, 0.15) is 5.78 Å². The van der Waals surface area contributed by atoms with Crippen LogP contribution in [0, 0.1) is 5.41 Å². The molecule has 2 rings (SSSR count). The van der Waals surface area contributed by atoms with Gasteiger partial charge in [0.05, 0.1) is 5.41 Å². The van der Waals surface area contributed by atoms with Crippen LogP contribution in [-0.2, 0) is 4.79 Å². The standard InChI is InChI=1S/C12H18O/c1-9(2)10-5-3-4-7-12(10)8-6-11(12)13/h3-8H2,1-2H3. The van der Waals surface area contributed by atoms with Crippen molar-refractivity contribution in [3.05, 3.63) is 11.1 Å². The molecule has 1 nitrogen and oxygen atoms in total. The first-order valence-electron chi connectivity index (χ1n) is 5.37. The molecule has 0 bridgehead atoms. The summed E-state index contributed by atoms with van der Waals surface area (Å²) in [4.78, 5) is 11.7. The molecule has 0 aromatic rings. The summed E-state index contributed by atoms with van der Waals surface area (Å²) >= 11 is 0. The Morgan fingerprint density at radius 2 is 1.92 bits per heavy atom. The Bertz CT molecular complexity index is 271. The minimum Gasteiger partial charge on any atom is -0.299 e. The van der Waals surface area contributed by atoms with Crippen LogP contribution in [0.3, 0.4) is 0 Å². The molecule has 2 fully saturated rings. The van der Waals surface area contributed by atoms with Crippen molar-refractivity contribution in [1.82, 2.24) is 0 Å². The van der Waals surface area contributed by atoms with E-state index in [1.54, 1.807) is 0 Å². The number of hydrogen-bond donors (Lipinski definition) is 0. The minimum atomic E-state index is 0.0388. The van der Waals surface area contributed by atoms with Crippen molar-refractivity contribution >= 4 is 5.78 Å². The van der Waals surface area contributed by atoms with Crippen LogP contribution in [0.15, 0.2) is 11.1 Å². The highest BCUT2D eigenvalue weighted by atomic mass is 16.1. The molecule has 1 spiro atoms. The fraction of sp³-hybridized carbons (Fsp3) is 0.750. The highest BCUT2D eigenvalue weighted by molar-refractivity contribution is 5.93. The zero-order valence-corrected chi connectivity index (χ0v) is 8.65. The number of hydrogen-bond acceptors (Lipinski definition) is 1. The van der Waals surface area contributed by atoms with Crippen LogP contribution in [-0.4, -0.2) is 5.78 Å². The monoisotopic (exact) mass is 178 g/mol. The molecule has 0 aromatic heterocycles. The van der Waals surface area contributed by atoms with E-state index in [2.05, 4.69) is 13.8 Å². The first kappa shape index (κ1) is 8.98. The van der Waals surface area contributed by atoms with Gasteiger partial charge in [-0.25, -0.2) is 0 Å². The van der Waals surface area contributed by atoms with E-state index in [-0.39, 0.29) is 5.41 Å². The number of carbonyl (C=O) groups excluding carboxylic acids is 1. The first-order chi connectivity index (χ1) is 6.17. The number of carbonyl (C=O) groups is 1. The third kappa shape index (κ3) is 1.17. The number of allylic oxidation sites excluding steroid dienone is 2. The molecule has 0 aliphatic heterocycles. The van der Waals surface area contributed by atoms with Gasteiger partial charge in [-0.3, -0.25) is 4.79 Å². The lowest BCUT2D eigenvalue weighted by atomic mass is 9.56. The molecule has 0 aromatic carbocycles. The van der Waals surface area contributed by atoms with E-state index in [1.165, 1.54) is 30.4 Å². The predicted molar refractivity (Wildman–Crippen MR) is 53.5 cm³/mol. The Morgan fingerprint density at radius 3 is 2.31 bits per heavy atom. The molecule has 2 saturated carbocycles. The van der Waals surface area contributed by atoms with Gasteiger partial charge >= 0.3 is 0 Å². The van der Waals surface area contributed by atoms with Gasteiger partial charge in [0, 0.05) is 6.42 Å². The summed E-state index contributed by atoms with van der Waals surface area (Å²) in [6.45, 7) is 4.32. The summed E-state index contributed by atoms with van der Waals surface area (Å²) < 4.78 is 0. The maximum absolute atomic E-state index is 11.7. The van der Waals surface area contributed by atoms with Crippen LogP contribution < -0.4 is 0 Å². The molecule has 0 heterocycles. The van der Waals surface area contributed by atoms with E-state index in [9.17, 15) is 4.79 Å². The molecular weight excluding hydrogens is 160 g/mol. The van der Waals surface area contributed by atoms with E-state index < -0.39 is 0 Å². The average Bonchev–Trinajstić information content (AvgIpc) is 2.15. The molecule has 0 saturated heterocycles. The second-order valence-electron chi connectivity index (χ2n) is 4.69. The van der Waals surface area contributed by atoms with Gasteiger partial charge in [0.2, 0.25) is 0 Å². The minimum absolute atomic E-state index is 0.0388. The van der Waals surface area contributed by atoms with Crippen molar-refractivity contribution < 1.29 is 4.79 Å². The summed E-state index contributed by atoms with van der Waals surface area (Å²) in [6.07, 6.45) is 6.81. The molecule has 1 heteroatoms. The van der Waals surface area contributed by atoms with E-state index in [1.807, 2.05) is 0 Å². The van der Waals surface area contributed by atoms with Crippen LogP contribution in [0.1, 0.15) is 52.4 Å². The van der Waals surface area contributed by atoms with Crippen LogP contribution in [0.2, 0.25) is 0 Å². The lowest BCUT2D eigenvalue weighted by molar-refractivity contribution is -0.136. The van der Waals surface area contributed by atoms with Crippen molar-refractivity contribution in [3.8, 4) is 0 Å². The third-order valence-corrected chi connectivity index (χ3v) is 3.77. The van der Waals surface area contributed by atoms with Crippen LogP contribution in [0.5, 0.6) is 0 Å². The molecule has 72 valence electrons. The second-order valence-corrected chi connectivity index (χ2v) is 4.69. The zero-order chi connectivity index (χ0) is 9.47. The Morgan fingerprint density at radius 1 is 1.15 bits per heavy atom. The van der Waals surface area contributed by atoms with Crippen molar-refractivity contribution in [1.29, 1.82) is 0 Å². The second kappa shape index (κ2) is 2.97. The smallest absolute Gasteiger partial charge is 0.143 e. The maximum atomic E-state index is 11.7.